The lowest BCUT2D eigenvalue weighted by Crippen LogP contribution is -2.16. The average Bonchev–Trinajstić information content (AvgIpc) is 2.91. The van der Waals surface area contributed by atoms with Crippen molar-refractivity contribution in [3.63, 3.8) is 0 Å². The van der Waals surface area contributed by atoms with Crippen molar-refractivity contribution >= 4 is 16.9 Å². The highest BCUT2D eigenvalue weighted by molar-refractivity contribution is 8.13. The zero-order valence-corrected chi connectivity index (χ0v) is 8.54. The molecule has 1 aliphatic carbocycles. The van der Waals surface area contributed by atoms with E-state index in [9.17, 15) is 9.59 Å². The number of rotatable bonds is 3. The molecule has 1 aromatic heterocycles. The van der Waals surface area contributed by atoms with Crippen LogP contribution in [0, 0.1) is 5.92 Å². The zero-order valence-electron chi connectivity index (χ0n) is 7.73. The molecule has 1 aliphatic rings. The fourth-order valence-corrected chi connectivity index (χ4v) is 1.39. The van der Waals surface area contributed by atoms with Gasteiger partial charge in [0.15, 0.2) is 0 Å². The van der Waals surface area contributed by atoms with Crippen molar-refractivity contribution in [1.29, 1.82) is 0 Å². The van der Waals surface area contributed by atoms with Crippen LogP contribution in [-0.2, 0) is 6.54 Å². The predicted molar refractivity (Wildman–Crippen MR) is 51.3 cm³/mol. The number of hydrogen-bond donors (Lipinski definition) is 0. The predicted octanol–water partition coefficient (Wildman–Crippen LogP) is 0.749. The Hall–Kier alpha value is -1.04. The Labute approximate surface area is 84.5 Å². The molecular formula is C8H10N2O3S. The summed E-state index contributed by atoms with van der Waals surface area (Å²) < 4.78 is 5.96. The minimum Gasteiger partial charge on any atom is -0.383 e. The molecule has 1 heterocycles. The van der Waals surface area contributed by atoms with Crippen molar-refractivity contribution in [1.82, 2.24) is 9.78 Å². The van der Waals surface area contributed by atoms with Gasteiger partial charge in [0.2, 0.25) is 0 Å². The van der Waals surface area contributed by atoms with Crippen molar-refractivity contribution in [3.8, 4) is 0 Å². The van der Waals surface area contributed by atoms with E-state index in [0.29, 0.717) is 12.5 Å². The number of carbonyl (C=O) groups excluding carboxylic acids is 1. The Balaban J connectivity index is 2.19. The highest BCUT2D eigenvalue weighted by Crippen LogP contribution is 2.29. The summed E-state index contributed by atoms with van der Waals surface area (Å²) in [5, 5.41) is 3.52. The zero-order chi connectivity index (χ0) is 10.1. The molecule has 0 N–H and O–H groups in total. The molecule has 0 atom stereocenters. The van der Waals surface area contributed by atoms with Gasteiger partial charge >= 0.3 is 5.76 Å². The van der Waals surface area contributed by atoms with Gasteiger partial charge in [-0.2, -0.15) is 4.68 Å². The van der Waals surface area contributed by atoms with Gasteiger partial charge in [0.25, 0.3) is 11.0 Å². The van der Waals surface area contributed by atoms with Crippen LogP contribution < -0.4 is 5.76 Å². The van der Waals surface area contributed by atoms with E-state index in [2.05, 4.69) is 5.10 Å². The first-order chi connectivity index (χ1) is 6.70. The summed E-state index contributed by atoms with van der Waals surface area (Å²) >= 11 is 0.987. The fourth-order valence-electron chi connectivity index (χ4n) is 1.14. The molecule has 0 spiro atoms. The molecule has 76 valence electrons. The smallest absolute Gasteiger partial charge is 0.383 e. The van der Waals surface area contributed by atoms with E-state index < -0.39 is 5.76 Å². The van der Waals surface area contributed by atoms with E-state index in [-0.39, 0.29) is 11.0 Å². The van der Waals surface area contributed by atoms with Crippen LogP contribution in [0.2, 0.25) is 0 Å². The van der Waals surface area contributed by atoms with Gasteiger partial charge in [0, 0.05) is 0 Å². The molecule has 14 heavy (non-hydrogen) atoms. The van der Waals surface area contributed by atoms with Crippen LogP contribution in [0.15, 0.2) is 9.21 Å². The topological polar surface area (TPSA) is 65.1 Å². The third-order valence-corrected chi connectivity index (χ3v) is 2.64. The molecule has 0 bridgehead atoms. The first-order valence-electron chi connectivity index (χ1n) is 4.37. The van der Waals surface area contributed by atoms with Crippen LogP contribution in [-0.4, -0.2) is 21.2 Å². The third-order valence-electron chi connectivity index (χ3n) is 2.09. The van der Waals surface area contributed by atoms with Crippen molar-refractivity contribution < 1.29 is 9.21 Å². The van der Waals surface area contributed by atoms with Crippen LogP contribution in [0.3, 0.4) is 0 Å². The quantitative estimate of drug-likeness (QED) is 0.742. The summed E-state index contributed by atoms with van der Waals surface area (Å²) in [4.78, 5) is 22.3. The molecule has 0 unspecified atom stereocenters. The maximum Gasteiger partial charge on any atom is 0.437 e. The van der Waals surface area contributed by atoms with Gasteiger partial charge in [0.1, 0.15) is 0 Å². The number of nitrogens with zero attached hydrogens (tertiary/aromatic N) is 2. The minimum absolute atomic E-state index is 0.0943. The van der Waals surface area contributed by atoms with E-state index in [1.807, 2.05) is 0 Å². The van der Waals surface area contributed by atoms with Gasteiger partial charge in [-0.25, -0.2) is 4.79 Å². The Bertz CT molecular complexity index is 405. The molecule has 0 radical (unpaired) electrons. The molecule has 0 aromatic carbocycles. The second-order valence-corrected chi connectivity index (χ2v) is 4.07. The van der Waals surface area contributed by atoms with Crippen LogP contribution in [0.4, 0.5) is 0 Å². The van der Waals surface area contributed by atoms with E-state index in [4.69, 9.17) is 4.42 Å². The molecule has 0 aliphatic heterocycles. The van der Waals surface area contributed by atoms with Gasteiger partial charge in [0.05, 0.1) is 6.54 Å². The molecule has 2 rings (SSSR count). The largest absolute Gasteiger partial charge is 0.437 e. The summed E-state index contributed by atoms with van der Waals surface area (Å²) in [6, 6.07) is 0. The molecule has 6 heteroatoms. The number of aromatic nitrogens is 2. The van der Waals surface area contributed by atoms with Gasteiger partial charge in [-0.05, 0) is 25.0 Å². The Morgan fingerprint density at radius 1 is 1.71 bits per heavy atom. The number of thioether (sulfide) groups is 1. The molecule has 1 fully saturated rings. The SMILES string of the molecule is CSC(=O)c1nn(CC2CC2)c(=O)o1. The highest BCUT2D eigenvalue weighted by Gasteiger charge is 2.24. The average molecular weight is 214 g/mol. The van der Waals surface area contributed by atoms with E-state index in [0.717, 1.165) is 24.6 Å². The van der Waals surface area contributed by atoms with E-state index in [1.165, 1.54) is 4.68 Å². The lowest BCUT2D eigenvalue weighted by atomic mass is 10.4. The minimum atomic E-state index is -0.533. The summed E-state index contributed by atoms with van der Waals surface area (Å²) in [7, 11) is 0. The Kier molecular flexibility index (Phi) is 2.45. The van der Waals surface area contributed by atoms with Crippen LogP contribution >= 0.6 is 11.8 Å². The molecule has 1 aromatic rings. The van der Waals surface area contributed by atoms with E-state index in [1.54, 1.807) is 6.26 Å². The lowest BCUT2D eigenvalue weighted by Gasteiger charge is -1.92. The normalized spacial score (nSPS) is 15.8. The second-order valence-electron chi connectivity index (χ2n) is 3.29. The maximum absolute atomic E-state index is 11.2. The van der Waals surface area contributed by atoms with Gasteiger partial charge in [-0.1, -0.05) is 11.8 Å². The summed E-state index contributed by atoms with van der Waals surface area (Å²) in [6.45, 7) is 0.573. The summed E-state index contributed by atoms with van der Waals surface area (Å²) in [6.07, 6.45) is 3.89. The van der Waals surface area contributed by atoms with Gasteiger partial charge in [-0.3, -0.25) is 4.79 Å². The maximum atomic E-state index is 11.2. The second kappa shape index (κ2) is 3.61. The van der Waals surface area contributed by atoms with Gasteiger partial charge in [-0.15, -0.1) is 5.10 Å². The first kappa shape index (κ1) is 9.51. The third kappa shape index (κ3) is 1.89. The number of hydrogen-bond acceptors (Lipinski definition) is 5. The molecule has 5 nitrogen and oxygen atoms in total. The highest BCUT2D eigenvalue weighted by atomic mass is 32.2. The Morgan fingerprint density at radius 2 is 2.43 bits per heavy atom. The van der Waals surface area contributed by atoms with Gasteiger partial charge < -0.3 is 4.42 Å². The molecular weight excluding hydrogens is 204 g/mol. The van der Waals surface area contributed by atoms with Crippen molar-refractivity contribution in [3.05, 3.63) is 16.4 Å². The Morgan fingerprint density at radius 3 is 3.00 bits per heavy atom. The fraction of sp³-hybridized carbons (Fsp3) is 0.625. The van der Waals surface area contributed by atoms with Crippen LogP contribution in [0.5, 0.6) is 0 Å². The molecule has 1 saturated carbocycles. The van der Waals surface area contributed by atoms with E-state index >= 15 is 0 Å². The van der Waals surface area contributed by atoms with Crippen molar-refractivity contribution in [2.45, 2.75) is 19.4 Å². The van der Waals surface area contributed by atoms with Crippen LogP contribution in [0.25, 0.3) is 0 Å². The van der Waals surface area contributed by atoms with Crippen molar-refractivity contribution in [2.24, 2.45) is 5.92 Å². The lowest BCUT2D eigenvalue weighted by molar-refractivity contribution is 0.105. The number of carbonyl (C=O) groups is 1. The molecule has 0 amide bonds. The van der Waals surface area contributed by atoms with Crippen LogP contribution in [0.1, 0.15) is 23.5 Å². The molecule has 0 saturated heterocycles. The van der Waals surface area contributed by atoms with Crippen molar-refractivity contribution in [2.75, 3.05) is 6.26 Å². The standard InChI is InChI=1S/C8H10N2O3S/c1-14-7(11)6-9-10(8(12)13-6)4-5-2-3-5/h5H,2-4H2,1H3. The summed E-state index contributed by atoms with van der Waals surface area (Å²) in [5.41, 5.74) is 0. The summed E-state index contributed by atoms with van der Waals surface area (Å²) in [5.74, 6) is -0.0903. The first-order valence-corrected chi connectivity index (χ1v) is 5.59. The monoisotopic (exact) mass is 214 g/mol.